The molecule has 2 bridgehead atoms. The third kappa shape index (κ3) is 0.565. The van der Waals surface area contributed by atoms with Gasteiger partial charge in [-0.1, -0.05) is 0 Å². The topological polar surface area (TPSA) is 12.5 Å². The standard InChI is InChI=1S/C6H11NO/c1-7-3-5-2-6(4-7)8-5/h5-6H,2-4H2,1H3/t5-,6?/m0/s1. The van der Waals surface area contributed by atoms with Gasteiger partial charge in [-0.15, -0.1) is 0 Å². The van der Waals surface area contributed by atoms with Crippen LogP contribution in [0, 0.1) is 0 Å². The number of likely N-dealkylation sites (N-methyl/N-ethyl adjacent to an activating group) is 1. The lowest BCUT2D eigenvalue weighted by Crippen LogP contribution is -2.55. The molecule has 3 rings (SSSR count). The van der Waals surface area contributed by atoms with Crippen molar-refractivity contribution in [3.8, 4) is 0 Å². The van der Waals surface area contributed by atoms with Crippen LogP contribution >= 0.6 is 0 Å². The molecule has 2 nitrogen and oxygen atoms in total. The minimum Gasteiger partial charge on any atom is -0.372 e. The van der Waals surface area contributed by atoms with E-state index in [1.165, 1.54) is 6.42 Å². The highest BCUT2D eigenvalue weighted by Gasteiger charge is 2.36. The van der Waals surface area contributed by atoms with E-state index >= 15 is 0 Å². The summed E-state index contributed by atoms with van der Waals surface area (Å²) < 4.78 is 5.40. The van der Waals surface area contributed by atoms with Crippen molar-refractivity contribution in [3.05, 3.63) is 0 Å². The van der Waals surface area contributed by atoms with Crippen LogP contribution in [0.25, 0.3) is 0 Å². The molecule has 3 fully saturated rings. The van der Waals surface area contributed by atoms with Crippen molar-refractivity contribution in [1.82, 2.24) is 4.90 Å². The van der Waals surface area contributed by atoms with Crippen LogP contribution in [0.3, 0.4) is 0 Å². The van der Waals surface area contributed by atoms with Crippen molar-refractivity contribution >= 4 is 0 Å². The monoisotopic (exact) mass is 113 g/mol. The number of ether oxygens (including phenoxy) is 1. The Morgan fingerprint density at radius 2 is 1.88 bits per heavy atom. The van der Waals surface area contributed by atoms with Crippen molar-refractivity contribution < 1.29 is 4.74 Å². The third-order valence-corrected chi connectivity index (χ3v) is 1.94. The Balaban J connectivity index is 1.97. The van der Waals surface area contributed by atoms with E-state index in [2.05, 4.69) is 11.9 Å². The molecule has 0 aromatic heterocycles. The van der Waals surface area contributed by atoms with Crippen LogP contribution in [-0.4, -0.2) is 37.2 Å². The number of morpholine rings is 1. The molecule has 0 spiro atoms. The van der Waals surface area contributed by atoms with Gasteiger partial charge in [0, 0.05) is 19.5 Å². The maximum absolute atomic E-state index is 5.40. The van der Waals surface area contributed by atoms with E-state index in [9.17, 15) is 0 Å². The second kappa shape index (κ2) is 1.45. The van der Waals surface area contributed by atoms with Gasteiger partial charge in [0.1, 0.15) is 0 Å². The molecule has 0 N–H and O–H groups in total. The van der Waals surface area contributed by atoms with Crippen molar-refractivity contribution in [3.63, 3.8) is 0 Å². The molecule has 0 amide bonds. The normalized spacial score (nSPS) is 46.1. The average Bonchev–Trinajstić information content (AvgIpc) is 1.62. The van der Waals surface area contributed by atoms with Crippen molar-refractivity contribution in [2.45, 2.75) is 18.6 Å². The van der Waals surface area contributed by atoms with Gasteiger partial charge in [-0.05, 0) is 7.05 Å². The molecule has 2 atom stereocenters. The van der Waals surface area contributed by atoms with E-state index in [1.54, 1.807) is 0 Å². The highest BCUT2D eigenvalue weighted by atomic mass is 16.5. The summed E-state index contributed by atoms with van der Waals surface area (Å²) in [6, 6.07) is 0. The number of nitrogens with zero attached hydrogens (tertiary/aromatic N) is 1. The molecular weight excluding hydrogens is 102 g/mol. The molecule has 3 aliphatic heterocycles. The fourth-order valence-electron chi connectivity index (χ4n) is 1.56. The minimum atomic E-state index is 0.582. The molecule has 0 aromatic carbocycles. The zero-order chi connectivity index (χ0) is 5.56. The lowest BCUT2D eigenvalue weighted by Gasteiger charge is -2.45. The van der Waals surface area contributed by atoms with Crippen LogP contribution in [-0.2, 0) is 4.74 Å². The number of rotatable bonds is 0. The molecule has 46 valence electrons. The van der Waals surface area contributed by atoms with Crippen LogP contribution in [0.2, 0.25) is 0 Å². The highest BCUT2D eigenvalue weighted by Crippen LogP contribution is 2.26. The molecule has 8 heavy (non-hydrogen) atoms. The molecule has 0 radical (unpaired) electrons. The number of fused-ring (bicyclic) bond motifs is 2. The minimum absolute atomic E-state index is 0.582. The van der Waals surface area contributed by atoms with Crippen LogP contribution in [0.4, 0.5) is 0 Å². The second-order valence-corrected chi connectivity index (χ2v) is 2.84. The first-order valence-corrected chi connectivity index (χ1v) is 3.18. The summed E-state index contributed by atoms with van der Waals surface area (Å²) in [5.74, 6) is 0. The van der Waals surface area contributed by atoms with Gasteiger partial charge in [-0.3, -0.25) is 0 Å². The van der Waals surface area contributed by atoms with Crippen molar-refractivity contribution in [1.29, 1.82) is 0 Å². The zero-order valence-electron chi connectivity index (χ0n) is 5.13. The molecular formula is C6H11NO. The predicted molar refractivity (Wildman–Crippen MR) is 30.8 cm³/mol. The van der Waals surface area contributed by atoms with E-state index in [1.807, 2.05) is 0 Å². The summed E-state index contributed by atoms with van der Waals surface area (Å²) in [4.78, 5) is 2.34. The Bertz CT molecular complexity index is 88.7. The average molecular weight is 113 g/mol. The van der Waals surface area contributed by atoms with Gasteiger partial charge in [-0.2, -0.15) is 0 Å². The lowest BCUT2D eigenvalue weighted by atomic mass is 10.00. The van der Waals surface area contributed by atoms with E-state index in [4.69, 9.17) is 4.74 Å². The first-order chi connectivity index (χ1) is 3.84. The van der Waals surface area contributed by atoms with E-state index in [-0.39, 0.29) is 0 Å². The molecule has 3 saturated heterocycles. The maximum Gasteiger partial charge on any atom is 0.0731 e. The summed E-state index contributed by atoms with van der Waals surface area (Å²) in [6.07, 6.45) is 2.47. The Hall–Kier alpha value is -0.0800. The van der Waals surface area contributed by atoms with Gasteiger partial charge in [0.15, 0.2) is 0 Å². The maximum atomic E-state index is 5.40. The summed E-state index contributed by atoms with van der Waals surface area (Å²) in [7, 11) is 2.15. The molecule has 2 heteroatoms. The molecule has 0 aliphatic carbocycles. The van der Waals surface area contributed by atoms with E-state index in [0.29, 0.717) is 12.2 Å². The van der Waals surface area contributed by atoms with E-state index < -0.39 is 0 Å². The van der Waals surface area contributed by atoms with Crippen molar-refractivity contribution in [2.75, 3.05) is 20.1 Å². The third-order valence-electron chi connectivity index (χ3n) is 1.94. The zero-order valence-corrected chi connectivity index (χ0v) is 5.13. The quantitative estimate of drug-likeness (QED) is 0.441. The first-order valence-electron chi connectivity index (χ1n) is 3.18. The Morgan fingerprint density at radius 1 is 1.38 bits per heavy atom. The Labute approximate surface area is 49.4 Å². The summed E-state index contributed by atoms with van der Waals surface area (Å²) >= 11 is 0. The van der Waals surface area contributed by atoms with Gasteiger partial charge in [0.2, 0.25) is 0 Å². The summed E-state index contributed by atoms with van der Waals surface area (Å²) in [5, 5.41) is 0. The van der Waals surface area contributed by atoms with Crippen LogP contribution in [0.5, 0.6) is 0 Å². The summed E-state index contributed by atoms with van der Waals surface area (Å²) in [5.41, 5.74) is 0. The number of piperidine rings is 1. The Morgan fingerprint density at radius 3 is 2.12 bits per heavy atom. The molecule has 0 saturated carbocycles. The first kappa shape index (κ1) is 4.77. The summed E-state index contributed by atoms with van der Waals surface area (Å²) in [6.45, 7) is 2.30. The molecule has 1 unspecified atom stereocenters. The highest BCUT2D eigenvalue weighted by molar-refractivity contribution is 4.87. The lowest BCUT2D eigenvalue weighted by molar-refractivity contribution is -0.175. The van der Waals surface area contributed by atoms with Crippen LogP contribution in [0.1, 0.15) is 6.42 Å². The van der Waals surface area contributed by atoms with Gasteiger partial charge in [0.25, 0.3) is 0 Å². The smallest absolute Gasteiger partial charge is 0.0731 e. The largest absolute Gasteiger partial charge is 0.372 e. The van der Waals surface area contributed by atoms with Crippen molar-refractivity contribution in [2.24, 2.45) is 0 Å². The second-order valence-electron chi connectivity index (χ2n) is 2.84. The molecule has 3 heterocycles. The number of hydrogen-bond acceptors (Lipinski definition) is 2. The molecule has 0 aromatic rings. The predicted octanol–water partition coefficient (Wildman–Crippen LogP) is 0.0893. The molecule has 3 aliphatic rings. The fourth-order valence-corrected chi connectivity index (χ4v) is 1.56. The van der Waals surface area contributed by atoms with Gasteiger partial charge >= 0.3 is 0 Å². The van der Waals surface area contributed by atoms with Gasteiger partial charge in [0.05, 0.1) is 12.2 Å². The Kier molecular flexibility index (Phi) is 0.866. The SMILES string of the molecule is CN1CC2C[C@@H](C1)O2. The van der Waals surface area contributed by atoms with E-state index in [0.717, 1.165) is 13.1 Å². The van der Waals surface area contributed by atoms with Gasteiger partial charge in [-0.25, -0.2) is 0 Å². The number of hydrogen-bond donors (Lipinski definition) is 0. The van der Waals surface area contributed by atoms with Gasteiger partial charge < -0.3 is 9.64 Å². The van der Waals surface area contributed by atoms with Crippen LogP contribution < -0.4 is 0 Å². The van der Waals surface area contributed by atoms with Crippen LogP contribution in [0.15, 0.2) is 0 Å². The fraction of sp³-hybridized carbons (Fsp3) is 1.00.